The van der Waals surface area contributed by atoms with Crippen LogP contribution in [0.4, 0.5) is 0 Å². The van der Waals surface area contributed by atoms with Gasteiger partial charge in [0.05, 0.1) is 16.0 Å². The summed E-state index contributed by atoms with van der Waals surface area (Å²) in [6.07, 6.45) is 6.16. The summed E-state index contributed by atoms with van der Waals surface area (Å²) in [5.74, 6) is 0.525. The molecule has 3 fully saturated rings. The van der Waals surface area contributed by atoms with E-state index in [0.29, 0.717) is 12.8 Å². The second-order valence-electron chi connectivity index (χ2n) is 11.5. The summed E-state index contributed by atoms with van der Waals surface area (Å²) in [7, 11) is 0. The van der Waals surface area contributed by atoms with Gasteiger partial charge in [-0.05, 0) is 67.6 Å². The fraction of sp³-hybridized carbons (Fsp3) is 0.571. The zero-order valence-electron chi connectivity index (χ0n) is 20.2. The van der Waals surface area contributed by atoms with Crippen LogP contribution in [-0.2, 0) is 14.4 Å². The lowest BCUT2D eigenvalue weighted by molar-refractivity contribution is -0.167. The molecule has 184 valence electrons. The topological polar surface area (TPSA) is 84.3 Å². The molecule has 1 N–H and O–H groups in total. The highest BCUT2D eigenvalue weighted by Crippen LogP contribution is 2.66. The van der Waals surface area contributed by atoms with Crippen LogP contribution in [0, 0.1) is 28.6 Å². The fourth-order valence-corrected chi connectivity index (χ4v) is 10.0. The Morgan fingerprint density at radius 1 is 1.17 bits per heavy atom. The molecular formula is C28H31NO4S2. The first-order chi connectivity index (χ1) is 16.7. The Morgan fingerprint density at radius 3 is 2.77 bits per heavy atom. The summed E-state index contributed by atoms with van der Waals surface area (Å²) in [6, 6.07) is 7.91. The lowest BCUT2D eigenvalue weighted by atomic mass is 9.46. The molecule has 0 amide bonds. The van der Waals surface area contributed by atoms with Crippen molar-refractivity contribution in [2.24, 2.45) is 28.6 Å². The number of para-hydroxylation sites is 1. The molecule has 6 rings (SSSR count). The number of nitrogens with zero attached hydrogens (tertiary/aromatic N) is 1. The SMILES string of the molecule is CC12CCC(=O)C=C1CCC1C2C(=O)CC2(C)C1CC[C@]2(O)C(=O)CSc1nc2ccccc2s1. The predicted octanol–water partition coefficient (Wildman–Crippen LogP) is 5.40. The molecule has 1 heterocycles. The number of hydrogen-bond donors (Lipinski definition) is 1. The van der Waals surface area contributed by atoms with Crippen molar-refractivity contribution in [3.05, 3.63) is 35.9 Å². The first-order valence-electron chi connectivity index (χ1n) is 12.7. The Labute approximate surface area is 213 Å². The third-order valence-electron chi connectivity index (χ3n) is 9.87. The zero-order chi connectivity index (χ0) is 24.6. The normalized spacial score (nSPS) is 38.6. The average molecular weight is 510 g/mol. The minimum atomic E-state index is -1.48. The molecule has 3 saturated carbocycles. The Morgan fingerprint density at radius 2 is 1.97 bits per heavy atom. The highest BCUT2D eigenvalue weighted by atomic mass is 32.2. The van der Waals surface area contributed by atoms with Gasteiger partial charge in [0.15, 0.2) is 15.9 Å². The number of thiazole rings is 1. The summed E-state index contributed by atoms with van der Waals surface area (Å²) in [6.45, 7) is 4.15. The molecule has 5 nitrogen and oxygen atoms in total. The van der Waals surface area contributed by atoms with E-state index in [1.807, 2.05) is 31.2 Å². The minimum Gasteiger partial charge on any atom is -0.381 e. The van der Waals surface area contributed by atoms with Gasteiger partial charge in [0.1, 0.15) is 11.4 Å². The quantitative estimate of drug-likeness (QED) is 0.556. The van der Waals surface area contributed by atoms with Crippen molar-refractivity contribution in [1.29, 1.82) is 0 Å². The van der Waals surface area contributed by atoms with E-state index < -0.39 is 11.0 Å². The number of benzene rings is 1. The third kappa shape index (κ3) is 3.37. The van der Waals surface area contributed by atoms with Gasteiger partial charge in [-0.3, -0.25) is 14.4 Å². The second-order valence-corrected chi connectivity index (χ2v) is 13.7. The van der Waals surface area contributed by atoms with E-state index in [2.05, 4.69) is 11.9 Å². The molecule has 0 radical (unpaired) electrons. The maximum absolute atomic E-state index is 13.8. The highest BCUT2D eigenvalue weighted by Gasteiger charge is 2.68. The monoisotopic (exact) mass is 509 g/mol. The molecule has 0 aliphatic heterocycles. The second kappa shape index (κ2) is 8.09. The average Bonchev–Trinajstić information content (AvgIpc) is 3.36. The number of allylic oxidation sites excluding steroid dienone is 1. The van der Waals surface area contributed by atoms with Crippen LogP contribution < -0.4 is 0 Å². The van der Waals surface area contributed by atoms with E-state index in [1.54, 1.807) is 17.4 Å². The first kappa shape index (κ1) is 23.6. The summed E-state index contributed by atoms with van der Waals surface area (Å²) in [4.78, 5) is 44.0. The number of Topliss-reactive ketones (excluding diaryl/α,β-unsaturated/α-hetero) is 2. The zero-order valence-corrected chi connectivity index (χ0v) is 21.8. The van der Waals surface area contributed by atoms with Crippen LogP contribution in [0.3, 0.4) is 0 Å². The number of ketones is 3. The van der Waals surface area contributed by atoms with E-state index in [9.17, 15) is 19.5 Å². The van der Waals surface area contributed by atoms with Crippen molar-refractivity contribution >= 4 is 50.7 Å². The number of aromatic nitrogens is 1. The predicted molar refractivity (Wildman–Crippen MR) is 137 cm³/mol. The lowest BCUT2D eigenvalue weighted by Gasteiger charge is -2.57. The van der Waals surface area contributed by atoms with Gasteiger partial charge in [-0.2, -0.15) is 0 Å². The maximum atomic E-state index is 13.8. The van der Waals surface area contributed by atoms with Crippen molar-refractivity contribution < 1.29 is 19.5 Å². The van der Waals surface area contributed by atoms with Gasteiger partial charge in [-0.15, -0.1) is 11.3 Å². The fourth-order valence-electron chi connectivity index (χ4n) is 8.01. The number of thioether (sulfide) groups is 1. The van der Waals surface area contributed by atoms with Crippen molar-refractivity contribution in [2.45, 2.75) is 68.7 Å². The highest BCUT2D eigenvalue weighted by molar-refractivity contribution is 8.01. The lowest BCUT2D eigenvalue weighted by Crippen LogP contribution is -2.60. The summed E-state index contributed by atoms with van der Waals surface area (Å²) >= 11 is 2.95. The number of carbonyl (C=O) groups is 3. The van der Waals surface area contributed by atoms with E-state index in [4.69, 9.17) is 0 Å². The van der Waals surface area contributed by atoms with Crippen LogP contribution in [-0.4, -0.2) is 38.8 Å². The summed E-state index contributed by atoms with van der Waals surface area (Å²) in [5, 5.41) is 11.9. The third-order valence-corrected chi connectivity index (χ3v) is 12.0. The van der Waals surface area contributed by atoms with Crippen LogP contribution in [0.25, 0.3) is 10.2 Å². The van der Waals surface area contributed by atoms with Crippen LogP contribution in [0.5, 0.6) is 0 Å². The minimum absolute atomic E-state index is 0.108. The number of carbonyl (C=O) groups excluding carboxylic acids is 3. The molecule has 2 aromatic rings. The molecule has 0 bridgehead atoms. The molecule has 6 atom stereocenters. The van der Waals surface area contributed by atoms with Crippen LogP contribution in [0.2, 0.25) is 0 Å². The molecular weight excluding hydrogens is 478 g/mol. The molecule has 35 heavy (non-hydrogen) atoms. The van der Waals surface area contributed by atoms with Gasteiger partial charge >= 0.3 is 0 Å². The van der Waals surface area contributed by atoms with Crippen LogP contribution in [0.1, 0.15) is 58.8 Å². The molecule has 5 unspecified atom stereocenters. The van der Waals surface area contributed by atoms with Crippen LogP contribution >= 0.6 is 23.1 Å². The Balaban J connectivity index is 1.25. The Bertz CT molecular complexity index is 1250. The largest absolute Gasteiger partial charge is 0.381 e. The van der Waals surface area contributed by atoms with Gasteiger partial charge in [0.2, 0.25) is 0 Å². The van der Waals surface area contributed by atoms with E-state index in [1.165, 1.54) is 11.8 Å². The Hall–Kier alpha value is -1.83. The van der Waals surface area contributed by atoms with E-state index >= 15 is 0 Å². The van der Waals surface area contributed by atoms with Crippen molar-refractivity contribution in [1.82, 2.24) is 4.98 Å². The summed E-state index contributed by atoms with van der Waals surface area (Å²) in [5.41, 5.74) is -0.418. The summed E-state index contributed by atoms with van der Waals surface area (Å²) < 4.78 is 1.91. The molecule has 1 aromatic carbocycles. The number of hydrogen-bond acceptors (Lipinski definition) is 7. The van der Waals surface area contributed by atoms with Crippen molar-refractivity contribution in [3.8, 4) is 0 Å². The number of aliphatic hydroxyl groups is 1. The van der Waals surface area contributed by atoms with Gasteiger partial charge in [-0.25, -0.2) is 4.98 Å². The molecule has 0 saturated heterocycles. The number of fused-ring (bicyclic) bond motifs is 6. The van der Waals surface area contributed by atoms with Crippen LogP contribution in [0.15, 0.2) is 40.3 Å². The Kier molecular flexibility index (Phi) is 5.44. The molecule has 7 heteroatoms. The standard InChI is InChI=1S/C28H31NO4S2/c1-26-11-9-17(30)13-16(26)7-8-18-19-10-12-28(33,27(19,2)14-21(31)24(18)26)23(32)15-34-25-29-20-5-3-4-6-22(20)35-25/h3-6,13,18-19,24,33H,7-12,14-15H2,1-2H3/t18?,19?,24?,26?,27?,28-/m0/s1. The van der Waals surface area contributed by atoms with Gasteiger partial charge in [0.25, 0.3) is 0 Å². The molecule has 1 aromatic heterocycles. The molecule has 4 aliphatic rings. The van der Waals surface area contributed by atoms with E-state index in [-0.39, 0.29) is 52.7 Å². The van der Waals surface area contributed by atoms with Gasteiger partial charge < -0.3 is 5.11 Å². The first-order valence-corrected chi connectivity index (χ1v) is 14.5. The smallest absolute Gasteiger partial charge is 0.175 e. The van der Waals surface area contributed by atoms with Crippen molar-refractivity contribution in [2.75, 3.05) is 5.75 Å². The van der Waals surface area contributed by atoms with Gasteiger partial charge in [-0.1, -0.05) is 43.3 Å². The maximum Gasteiger partial charge on any atom is 0.175 e. The molecule has 4 aliphatic carbocycles. The number of rotatable bonds is 4. The van der Waals surface area contributed by atoms with E-state index in [0.717, 1.165) is 45.8 Å². The van der Waals surface area contributed by atoms with Crippen molar-refractivity contribution in [3.63, 3.8) is 0 Å². The molecule has 0 spiro atoms. The van der Waals surface area contributed by atoms with Gasteiger partial charge in [0, 0.05) is 24.2 Å².